The van der Waals surface area contributed by atoms with Gasteiger partial charge in [-0.2, -0.15) is 0 Å². The summed E-state index contributed by atoms with van der Waals surface area (Å²) in [6.07, 6.45) is 4.07. The van der Waals surface area contributed by atoms with E-state index in [-0.39, 0.29) is 31.1 Å². The van der Waals surface area contributed by atoms with Crippen LogP contribution in [0.5, 0.6) is 0 Å². The number of carbonyl (C=O) groups excluding carboxylic acids is 3. The molecule has 0 saturated carbocycles. The van der Waals surface area contributed by atoms with Crippen LogP contribution in [0.2, 0.25) is 0 Å². The minimum absolute atomic E-state index is 0.00358. The highest BCUT2D eigenvalue weighted by molar-refractivity contribution is 5.94. The molecule has 11 nitrogen and oxygen atoms in total. The Morgan fingerprint density at radius 2 is 1.53 bits per heavy atom. The van der Waals surface area contributed by atoms with Crippen molar-refractivity contribution in [3.8, 4) is 0 Å². The number of H-pyrrole nitrogens is 1. The number of aromatic amines is 1. The van der Waals surface area contributed by atoms with E-state index in [1.54, 1.807) is 0 Å². The summed E-state index contributed by atoms with van der Waals surface area (Å²) in [6.45, 7) is 7.57. The second kappa shape index (κ2) is 14.9. The maximum Gasteiger partial charge on any atom is 0.326 e. The first kappa shape index (κ1) is 30.5. The lowest BCUT2D eigenvalue weighted by Gasteiger charge is -2.27. The predicted octanol–water partition coefficient (Wildman–Crippen LogP) is 1.15. The normalized spacial score (nSPS) is 15.1. The molecule has 11 heteroatoms. The molecule has 208 valence electrons. The summed E-state index contributed by atoms with van der Waals surface area (Å²) in [5, 5.41) is 17.7. The van der Waals surface area contributed by atoms with Gasteiger partial charge in [-0.25, -0.2) is 9.78 Å². The average molecular weight is 529 g/mol. The Hall–Kier alpha value is -3.73. The fourth-order valence-corrected chi connectivity index (χ4v) is 3.90. The Bertz CT molecular complexity index is 1040. The van der Waals surface area contributed by atoms with Crippen LogP contribution < -0.4 is 21.7 Å². The van der Waals surface area contributed by atoms with Crippen LogP contribution in [0.1, 0.15) is 51.8 Å². The van der Waals surface area contributed by atoms with Gasteiger partial charge in [0.1, 0.15) is 18.1 Å². The molecular formula is C27H40N6O5. The van der Waals surface area contributed by atoms with Gasteiger partial charge >= 0.3 is 5.97 Å². The number of carboxylic acids is 1. The molecule has 3 amide bonds. The van der Waals surface area contributed by atoms with Gasteiger partial charge in [-0.05, 0) is 23.8 Å². The van der Waals surface area contributed by atoms with Crippen LogP contribution in [0.15, 0.2) is 42.9 Å². The van der Waals surface area contributed by atoms with Crippen molar-refractivity contribution >= 4 is 23.7 Å². The lowest BCUT2D eigenvalue weighted by atomic mass is 9.97. The smallest absolute Gasteiger partial charge is 0.326 e. The largest absolute Gasteiger partial charge is 0.480 e. The number of aromatic nitrogens is 2. The number of hydrogen-bond donors (Lipinski definition) is 6. The number of nitrogens with two attached hydrogens (primary N) is 1. The maximum atomic E-state index is 13.4. The third-order valence-corrected chi connectivity index (χ3v) is 6.41. The number of nitrogens with one attached hydrogen (secondary N) is 4. The minimum atomic E-state index is -1.22. The number of carboxylic acid groups (broad SMARTS) is 1. The highest BCUT2D eigenvalue weighted by atomic mass is 16.4. The van der Waals surface area contributed by atoms with Crippen molar-refractivity contribution in [2.24, 2.45) is 17.6 Å². The van der Waals surface area contributed by atoms with Crippen molar-refractivity contribution in [2.75, 3.05) is 0 Å². The molecule has 0 radical (unpaired) electrons. The number of nitrogens with zero attached hydrogens (tertiary/aromatic N) is 1. The molecule has 2 aromatic rings. The number of rotatable bonds is 15. The van der Waals surface area contributed by atoms with Crippen LogP contribution in [0.4, 0.5) is 0 Å². The van der Waals surface area contributed by atoms with Crippen molar-refractivity contribution in [3.63, 3.8) is 0 Å². The molecule has 0 saturated heterocycles. The van der Waals surface area contributed by atoms with E-state index in [4.69, 9.17) is 5.73 Å². The Morgan fingerprint density at radius 1 is 0.921 bits per heavy atom. The maximum absolute atomic E-state index is 13.4. The third-order valence-electron chi connectivity index (χ3n) is 6.41. The molecule has 7 N–H and O–H groups in total. The summed E-state index contributed by atoms with van der Waals surface area (Å²) in [5.74, 6) is -2.91. The number of aliphatic carboxylic acids is 1. The van der Waals surface area contributed by atoms with Gasteiger partial charge in [-0.1, -0.05) is 64.4 Å². The first-order valence-corrected chi connectivity index (χ1v) is 12.9. The molecule has 1 aromatic carbocycles. The van der Waals surface area contributed by atoms with Crippen LogP contribution in [0, 0.1) is 11.8 Å². The van der Waals surface area contributed by atoms with E-state index in [0.717, 1.165) is 5.56 Å². The SMILES string of the molecule is CCC(C)C(N)C(=O)NC(Cc1ccccc1)C(=O)NC(CC(C)C)C(=O)NC(Cc1cnc[nH]1)C(=O)O. The fourth-order valence-electron chi connectivity index (χ4n) is 3.90. The predicted molar refractivity (Wildman–Crippen MR) is 143 cm³/mol. The van der Waals surface area contributed by atoms with E-state index in [0.29, 0.717) is 12.1 Å². The van der Waals surface area contributed by atoms with Crippen molar-refractivity contribution in [3.05, 3.63) is 54.1 Å². The average Bonchev–Trinajstić information content (AvgIpc) is 3.39. The van der Waals surface area contributed by atoms with Gasteiger partial charge in [0, 0.05) is 24.7 Å². The van der Waals surface area contributed by atoms with Crippen molar-refractivity contribution in [2.45, 2.75) is 77.5 Å². The first-order valence-electron chi connectivity index (χ1n) is 12.9. The van der Waals surface area contributed by atoms with Crippen LogP contribution in [-0.2, 0) is 32.0 Å². The Labute approximate surface area is 223 Å². The van der Waals surface area contributed by atoms with Gasteiger partial charge in [-0.15, -0.1) is 0 Å². The van der Waals surface area contributed by atoms with Crippen LogP contribution in [0.25, 0.3) is 0 Å². The number of amides is 3. The molecule has 0 fully saturated rings. The summed E-state index contributed by atoms with van der Waals surface area (Å²) < 4.78 is 0. The Balaban J connectivity index is 2.21. The molecule has 0 aliphatic carbocycles. The molecule has 0 bridgehead atoms. The zero-order valence-electron chi connectivity index (χ0n) is 22.4. The second-order valence-electron chi connectivity index (χ2n) is 10.0. The summed E-state index contributed by atoms with van der Waals surface area (Å²) in [4.78, 5) is 58.0. The lowest BCUT2D eigenvalue weighted by Crippen LogP contribution is -2.58. The zero-order valence-corrected chi connectivity index (χ0v) is 22.4. The van der Waals surface area contributed by atoms with Gasteiger partial charge in [0.15, 0.2) is 0 Å². The highest BCUT2D eigenvalue weighted by Crippen LogP contribution is 2.11. The fraction of sp³-hybridized carbons (Fsp3) is 0.519. The standard InChI is InChI=1S/C27H40N6O5/c1-5-17(4)23(28)26(36)32-21(12-18-9-7-6-8-10-18)25(35)31-20(11-16(2)3)24(34)33-22(27(37)38)13-19-14-29-15-30-19/h6-10,14-17,20-23H,5,11-13,28H2,1-4H3,(H,29,30)(H,31,35)(H,32,36)(H,33,34)(H,37,38). The quantitative estimate of drug-likeness (QED) is 0.201. The van der Waals surface area contributed by atoms with Crippen molar-refractivity contribution < 1.29 is 24.3 Å². The second-order valence-corrected chi connectivity index (χ2v) is 10.0. The first-order chi connectivity index (χ1) is 18.0. The Morgan fingerprint density at radius 3 is 2.08 bits per heavy atom. The van der Waals surface area contributed by atoms with Crippen LogP contribution in [-0.4, -0.2) is 62.9 Å². The van der Waals surface area contributed by atoms with Crippen molar-refractivity contribution in [1.29, 1.82) is 0 Å². The molecule has 38 heavy (non-hydrogen) atoms. The van der Waals surface area contributed by atoms with E-state index in [9.17, 15) is 24.3 Å². The summed E-state index contributed by atoms with van der Waals surface area (Å²) >= 11 is 0. The number of carbonyl (C=O) groups is 4. The molecule has 5 unspecified atom stereocenters. The van der Waals surface area contributed by atoms with Crippen LogP contribution in [0.3, 0.4) is 0 Å². The van der Waals surface area contributed by atoms with E-state index in [1.807, 2.05) is 58.0 Å². The van der Waals surface area contributed by atoms with Gasteiger partial charge in [0.25, 0.3) is 0 Å². The topological polar surface area (TPSA) is 179 Å². The molecular weight excluding hydrogens is 488 g/mol. The molecule has 0 spiro atoms. The number of hydrogen-bond acceptors (Lipinski definition) is 6. The summed E-state index contributed by atoms with van der Waals surface area (Å²) in [5.41, 5.74) is 7.46. The number of imidazole rings is 1. The molecule has 2 rings (SSSR count). The van der Waals surface area contributed by atoms with Crippen LogP contribution >= 0.6 is 0 Å². The van der Waals surface area contributed by atoms with Crippen molar-refractivity contribution in [1.82, 2.24) is 25.9 Å². The van der Waals surface area contributed by atoms with E-state index in [1.165, 1.54) is 12.5 Å². The van der Waals surface area contributed by atoms with E-state index in [2.05, 4.69) is 25.9 Å². The molecule has 0 aliphatic rings. The third kappa shape index (κ3) is 9.62. The summed E-state index contributed by atoms with van der Waals surface area (Å²) in [7, 11) is 0. The zero-order chi connectivity index (χ0) is 28.2. The summed E-state index contributed by atoms with van der Waals surface area (Å²) in [6, 6.07) is 5.18. The van der Waals surface area contributed by atoms with E-state index >= 15 is 0 Å². The number of benzene rings is 1. The van der Waals surface area contributed by atoms with Gasteiger partial charge < -0.3 is 31.8 Å². The Kier molecular flexibility index (Phi) is 11.9. The highest BCUT2D eigenvalue weighted by Gasteiger charge is 2.31. The molecule has 5 atom stereocenters. The van der Waals surface area contributed by atoms with Gasteiger partial charge in [-0.3, -0.25) is 14.4 Å². The molecule has 0 aliphatic heterocycles. The monoisotopic (exact) mass is 528 g/mol. The van der Waals surface area contributed by atoms with Gasteiger partial charge in [0.2, 0.25) is 17.7 Å². The van der Waals surface area contributed by atoms with Gasteiger partial charge in [0.05, 0.1) is 12.4 Å². The van der Waals surface area contributed by atoms with E-state index < -0.39 is 47.9 Å². The molecule has 1 aromatic heterocycles. The lowest BCUT2D eigenvalue weighted by molar-refractivity contribution is -0.142. The molecule has 1 heterocycles. The minimum Gasteiger partial charge on any atom is -0.480 e.